The van der Waals surface area contributed by atoms with E-state index < -0.39 is 9.84 Å². The number of sulfone groups is 1. The number of hydrogen-bond acceptors (Lipinski definition) is 4. The Hall–Kier alpha value is -2.66. The second-order valence-corrected chi connectivity index (χ2v) is 6.55. The van der Waals surface area contributed by atoms with Crippen LogP contribution in [0, 0.1) is 0 Å². The van der Waals surface area contributed by atoms with Gasteiger partial charge in [-0.25, -0.2) is 8.42 Å². The molecule has 3 aromatic rings. The molecule has 1 heterocycles. The molecule has 0 radical (unpaired) electrons. The van der Waals surface area contributed by atoms with Crippen LogP contribution in [0.1, 0.15) is 10.6 Å². The predicted molar refractivity (Wildman–Crippen MR) is 81.4 cm³/mol. The normalized spacial score (nSPS) is 11.3. The topological polar surface area (TPSA) is 64.3 Å². The second kappa shape index (κ2) is 5.61. The van der Waals surface area contributed by atoms with Gasteiger partial charge >= 0.3 is 0 Å². The summed E-state index contributed by atoms with van der Waals surface area (Å²) < 4.78 is 30.9. The van der Waals surface area contributed by atoms with Gasteiger partial charge in [0, 0.05) is 5.56 Å². The van der Waals surface area contributed by atoms with Crippen molar-refractivity contribution < 1.29 is 17.6 Å². The Kier molecular flexibility index (Phi) is 3.65. The van der Waals surface area contributed by atoms with Crippen molar-refractivity contribution in [3.05, 3.63) is 72.5 Å². The molecule has 0 saturated heterocycles. The molecule has 0 N–H and O–H groups in total. The smallest absolute Gasteiger partial charge is 0.207 e. The molecular formula is C17H12O4S. The van der Waals surface area contributed by atoms with Crippen molar-refractivity contribution in [2.45, 2.75) is 9.79 Å². The fourth-order valence-corrected chi connectivity index (χ4v) is 3.68. The van der Waals surface area contributed by atoms with Gasteiger partial charge in [-0.05, 0) is 36.4 Å². The monoisotopic (exact) mass is 312 g/mol. The lowest BCUT2D eigenvalue weighted by molar-refractivity contribution is 0.110. The average Bonchev–Trinajstić information content (AvgIpc) is 3.05. The van der Waals surface area contributed by atoms with Crippen LogP contribution < -0.4 is 0 Å². The SMILES string of the molecule is O=Cc1ccc(-c2ccccc2S(=O)(=O)c2ccccc2)o1. The summed E-state index contributed by atoms with van der Waals surface area (Å²) in [6, 6.07) is 17.9. The zero-order valence-electron chi connectivity index (χ0n) is 11.5. The zero-order chi connectivity index (χ0) is 15.6. The summed E-state index contributed by atoms with van der Waals surface area (Å²) in [5, 5.41) is 0. The van der Waals surface area contributed by atoms with Gasteiger partial charge in [0.05, 0.1) is 9.79 Å². The molecule has 0 spiro atoms. The molecule has 0 aliphatic carbocycles. The van der Waals surface area contributed by atoms with Crippen molar-refractivity contribution in [2.24, 2.45) is 0 Å². The van der Waals surface area contributed by atoms with E-state index >= 15 is 0 Å². The molecule has 2 aromatic carbocycles. The first-order valence-corrected chi connectivity index (χ1v) is 8.06. The molecule has 0 bridgehead atoms. The Morgan fingerprint density at radius 1 is 0.818 bits per heavy atom. The number of hydrogen-bond donors (Lipinski definition) is 0. The molecule has 0 saturated carbocycles. The first-order valence-electron chi connectivity index (χ1n) is 6.57. The van der Waals surface area contributed by atoms with Gasteiger partial charge in [0.2, 0.25) is 9.84 Å². The Labute approximate surface area is 127 Å². The van der Waals surface area contributed by atoms with E-state index in [0.29, 0.717) is 17.6 Å². The van der Waals surface area contributed by atoms with Gasteiger partial charge in [0.25, 0.3) is 0 Å². The Balaban J connectivity index is 2.18. The average molecular weight is 312 g/mol. The summed E-state index contributed by atoms with van der Waals surface area (Å²) in [7, 11) is -3.66. The molecule has 4 nitrogen and oxygen atoms in total. The van der Waals surface area contributed by atoms with Gasteiger partial charge < -0.3 is 4.42 Å². The molecule has 0 fully saturated rings. The Morgan fingerprint density at radius 2 is 1.50 bits per heavy atom. The lowest BCUT2D eigenvalue weighted by atomic mass is 10.2. The van der Waals surface area contributed by atoms with E-state index in [2.05, 4.69) is 0 Å². The molecule has 22 heavy (non-hydrogen) atoms. The Bertz CT molecular complexity index is 909. The third kappa shape index (κ3) is 2.46. The van der Waals surface area contributed by atoms with Crippen LogP contribution in [-0.4, -0.2) is 14.7 Å². The number of aldehydes is 1. The van der Waals surface area contributed by atoms with Gasteiger partial charge in [0.15, 0.2) is 12.0 Å². The van der Waals surface area contributed by atoms with E-state index in [1.54, 1.807) is 54.6 Å². The molecule has 0 amide bonds. The first kappa shape index (κ1) is 14.3. The van der Waals surface area contributed by atoms with Crippen molar-refractivity contribution in [1.29, 1.82) is 0 Å². The van der Waals surface area contributed by atoms with Crippen LogP contribution in [0.5, 0.6) is 0 Å². The van der Waals surface area contributed by atoms with Gasteiger partial charge in [-0.1, -0.05) is 30.3 Å². The Morgan fingerprint density at radius 3 is 2.18 bits per heavy atom. The van der Waals surface area contributed by atoms with Crippen LogP contribution in [-0.2, 0) is 9.84 Å². The van der Waals surface area contributed by atoms with Gasteiger partial charge in [-0.3, -0.25) is 4.79 Å². The van der Waals surface area contributed by atoms with Crippen LogP contribution in [0.4, 0.5) is 0 Å². The van der Waals surface area contributed by atoms with E-state index in [1.165, 1.54) is 12.1 Å². The minimum absolute atomic E-state index is 0.146. The lowest BCUT2D eigenvalue weighted by Gasteiger charge is -2.08. The largest absolute Gasteiger partial charge is 0.453 e. The fourth-order valence-electron chi connectivity index (χ4n) is 2.19. The summed E-state index contributed by atoms with van der Waals surface area (Å²) in [6.45, 7) is 0. The standard InChI is InChI=1S/C17H12O4S/c18-12-13-10-11-16(21-13)15-8-4-5-9-17(15)22(19,20)14-6-2-1-3-7-14/h1-12H. The van der Waals surface area contributed by atoms with Crippen LogP contribution in [0.3, 0.4) is 0 Å². The second-order valence-electron chi connectivity index (χ2n) is 4.63. The van der Waals surface area contributed by atoms with Crippen molar-refractivity contribution in [1.82, 2.24) is 0 Å². The van der Waals surface area contributed by atoms with E-state index in [9.17, 15) is 13.2 Å². The highest BCUT2D eigenvalue weighted by atomic mass is 32.2. The molecule has 0 aliphatic heterocycles. The van der Waals surface area contributed by atoms with E-state index in [0.717, 1.165) is 0 Å². The van der Waals surface area contributed by atoms with Crippen molar-refractivity contribution in [2.75, 3.05) is 0 Å². The summed E-state index contributed by atoms with van der Waals surface area (Å²) in [5.41, 5.74) is 0.430. The summed E-state index contributed by atoms with van der Waals surface area (Å²) >= 11 is 0. The quantitative estimate of drug-likeness (QED) is 0.691. The van der Waals surface area contributed by atoms with Gasteiger partial charge in [0.1, 0.15) is 5.76 Å². The molecule has 5 heteroatoms. The number of rotatable bonds is 4. The predicted octanol–water partition coefficient (Wildman–Crippen LogP) is 3.59. The summed E-state index contributed by atoms with van der Waals surface area (Å²) in [5.74, 6) is 0.499. The van der Waals surface area contributed by atoms with Crippen LogP contribution in [0.15, 0.2) is 80.9 Å². The molecule has 0 atom stereocenters. The molecular weight excluding hydrogens is 300 g/mol. The van der Waals surface area contributed by atoms with Gasteiger partial charge in [-0.2, -0.15) is 0 Å². The summed E-state index contributed by atoms with van der Waals surface area (Å²) in [6.07, 6.45) is 0.581. The highest BCUT2D eigenvalue weighted by molar-refractivity contribution is 7.91. The molecule has 0 unspecified atom stereocenters. The third-order valence-corrected chi connectivity index (χ3v) is 5.07. The maximum absolute atomic E-state index is 12.8. The number of carbonyl (C=O) groups excluding carboxylic acids is 1. The number of furan rings is 1. The van der Waals surface area contributed by atoms with Crippen LogP contribution >= 0.6 is 0 Å². The minimum Gasteiger partial charge on any atom is -0.453 e. The lowest BCUT2D eigenvalue weighted by Crippen LogP contribution is -2.03. The maximum Gasteiger partial charge on any atom is 0.207 e. The first-order chi connectivity index (χ1) is 10.6. The van der Waals surface area contributed by atoms with Crippen molar-refractivity contribution in [3.63, 3.8) is 0 Å². The molecule has 3 rings (SSSR count). The van der Waals surface area contributed by atoms with E-state index in [1.807, 2.05) is 0 Å². The minimum atomic E-state index is -3.66. The fraction of sp³-hybridized carbons (Fsp3) is 0. The third-order valence-electron chi connectivity index (χ3n) is 3.24. The van der Waals surface area contributed by atoms with Crippen molar-refractivity contribution in [3.8, 4) is 11.3 Å². The van der Waals surface area contributed by atoms with Crippen LogP contribution in [0.2, 0.25) is 0 Å². The number of carbonyl (C=O) groups is 1. The van der Waals surface area contributed by atoms with Crippen molar-refractivity contribution >= 4 is 16.1 Å². The highest BCUT2D eigenvalue weighted by Gasteiger charge is 2.22. The van der Waals surface area contributed by atoms with Gasteiger partial charge in [-0.15, -0.1) is 0 Å². The number of benzene rings is 2. The van der Waals surface area contributed by atoms with E-state index in [-0.39, 0.29) is 15.6 Å². The molecule has 110 valence electrons. The van der Waals surface area contributed by atoms with Crippen LogP contribution in [0.25, 0.3) is 11.3 Å². The zero-order valence-corrected chi connectivity index (χ0v) is 12.3. The molecule has 1 aromatic heterocycles. The molecule has 0 aliphatic rings. The van der Waals surface area contributed by atoms with E-state index in [4.69, 9.17) is 4.42 Å². The summed E-state index contributed by atoms with van der Waals surface area (Å²) in [4.78, 5) is 11.1. The maximum atomic E-state index is 12.8. The highest BCUT2D eigenvalue weighted by Crippen LogP contribution is 2.32.